The van der Waals surface area contributed by atoms with Gasteiger partial charge in [-0.05, 0) is 37.6 Å². The molecule has 2 aromatic carbocycles. The smallest absolute Gasteiger partial charge is 0.208 e. The molecule has 0 spiro atoms. The Balaban J connectivity index is 2.26. The van der Waals surface area contributed by atoms with Gasteiger partial charge in [0.2, 0.25) is 5.43 Å². The number of hydrogen-bond donors (Lipinski definition) is 2. The fraction of sp³-hybridized carbons (Fsp3) is 0.105. The van der Waals surface area contributed by atoms with Crippen LogP contribution in [0.3, 0.4) is 0 Å². The summed E-state index contributed by atoms with van der Waals surface area (Å²) >= 11 is 0. The van der Waals surface area contributed by atoms with Crippen molar-refractivity contribution in [3.05, 3.63) is 64.5 Å². The summed E-state index contributed by atoms with van der Waals surface area (Å²) in [6.45, 7) is 7.31. The van der Waals surface area contributed by atoms with Crippen molar-refractivity contribution in [3.63, 3.8) is 0 Å². The first kappa shape index (κ1) is 15.7. The third kappa shape index (κ3) is 2.72. The number of phenols is 2. The van der Waals surface area contributed by atoms with Crippen LogP contribution in [0.2, 0.25) is 0 Å². The van der Waals surface area contributed by atoms with Crippen LogP contribution in [0.4, 0.5) is 0 Å². The van der Waals surface area contributed by atoms with Crippen molar-refractivity contribution < 1.29 is 19.4 Å². The van der Waals surface area contributed by atoms with Crippen molar-refractivity contribution in [2.75, 3.05) is 0 Å². The number of allylic oxidation sites excluding steroid dienone is 2. The van der Waals surface area contributed by atoms with Gasteiger partial charge in [-0.2, -0.15) is 0 Å². The standard InChI is InChI=1S/C19H16O5/c1-10(2)4-5-23-12-8-14(21)18-16(9-12)24-15-7-11(3)6-13(20)17(15)19(18)22/h4-9,20-21H,1H2,2-3H3. The molecule has 0 radical (unpaired) electrons. The Morgan fingerprint density at radius 3 is 2.42 bits per heavy atom. The van der Waals surface area contributed by atoms with E-state index in [9.17, 15) is 15.0 Å². The molecule has 3 aromatic rings. The molecular formula is C19H16O5. The highest BCUT2D eigenvalue weighted by atomic mass is 16.5. The van der Waals surface area contributed by atoms with E-state index in [4.69, 9.17) is 9.15 Å². The maximum atomic E-state index is 12.6. The average molecular weight is 324 g/mol. The molecule has 5 nitrogen and oxygen atoms in total. The summed E-state index contributed by atoms with van der Waals surface area (Å²) in [5.74, 6) is -0.136. The van der Waals surface area contributed by atoms with Crippen molar-refractivity contribution in [3.8, 4) is 17.2 Å². The molecule has 2 N–H and O–H groups in total. The van der Waals surface area contributed by atoms with Gasteiger partial charge in [-0.3, -0.25) is 4.79 Å². The van der Waals surface area contributed by atoms with Crippen LogP contribution in [0.25, 0.3) is 21.9 Å². The minimum atomic E-state index is -0.495. The first-order chi connectivity index (χ1) is 11.4. The molecule has 24 heavy (non-hydrogen) atoms. The van der Waals surface area contributed by atoms with Crippen molar-refractivity contribution in [2.45, 2.75) is 13.8 Å². The quantitative estimate of drug-likeness (QED) is 0.430. The SMILES string of the molecule is C=C(C)C=COc1cc(O)c2c(=O)c3c(O)cc(C)cc3oc2c1. The van der Waals surface area contributed by atoms with E-state index < -0.39 is 5.43 Å². The molecule has 3 rings (SSSR count). The Hall–Kier alpha value is -3.21. The lowest BCUT2D eigenvalue weighted by molar-refractivity contribution is 0.456. The zero-order valence-electron chi connectivity index (χ0n) is 13.3. The predicted molar refractivity (Wildman–Crippen MR) is 92.6 cm³/mol. The van der Waals surface area contributed by atoms with Crippen LogP contribution in [0, 0.1) is 6.92 Å². The van der Waals surface area contributed by atoms with Gasteiger partial charge in [0.15, 0.2) is 0 Å². The molecule has 1 aromatic heterocycles. The van der Waals surface area contributed by atoms with Gasteiger partial charge >= 0.3 is 0 Å². The van der Waals surface area contributed by atoms with Gasteiger partial charge in [-0.25, -0.2) is 0 Å². The molecule has 1 heterocycles. The highest BCUT2D eigenvalue weighted by Gasteiger charge is 2.16. The van der Waals surface area contributed by atoms with E-state index in [-0.39, 0.29) is 33.4 Å². The molecule has 0 amide bonds. The average Bonchev–Trinajstić information content (AvgIpc) is 2.45. The van der Waals surface area contributed by atoms with Crippen LogP contribution in [0.15, 0.2) is 58.0 Å². The van der Waals surface area contributed by atoms with Crippen LogP contribution in [0.1, 0.15) is 12.5 Å². The van der Waals surface area contributed by atoms with Crippen molar-refractivity contribution in [2.24, 2.45) is 0 Å². The molecule has 0 saturated heterocycles. The number of benzene rings is 2. The molecular weight excluding hydrogens is 308 g/mol. The van der Waals surface area contributed by atoms with E-state index in [2.05, 4.69) is 6.58 Å². The molecule has 122 valence electrons. The van der Waals surface area contributed by atoms with Gasteiger partial charge in [0.1, 0.15) is 39.2 Å². The number of rotatable bonds is 3. The summed E-state index contributed by atoms with van der Waals surface area (Å²) in [7, 11) is 0. The second-order valence-electron chi connectivity index (χ2n) is 5.67. The Kier molecular flexibility index (Phi) is 3.77. The lowest BCUT2D eigenvalue weighted by Crippen LogP contribution is -2.03. The second kappa shape index (κ2) is 5.77. The Morgan fingerprint density at radius 2 is 1.75 bits per heavy atom. The fourth-order valence-electron chi connectivity index (χ4n) is 2.47. The van der Waals surface area contributed by atoms with Gasteiger partial charge in [0, 0.05) is 12.1 Å². The van der Waals surface area contributed by atoms with Crippen LogP contribution >= 0.6 is 0 Å². The third-order valence-electron chi connectivity index (χ3n) is 3.51. The summed E-state index contributed by atoms with van der Waals surface area (Å²) in [6, 6.07) is 5.96. The molecule has 0 aliphatic rings. The Labute approximate surface area is 137 Å². The van der Waals surface area contributed by atoms with Gasteiger partial charge in [-0.1, -0.05) is 12.2 Å². The predicted octanol–water partition coefficient (Wildman–Crippen LogP) is 4.13. The Morgan fingerprint density at radius 1 is 1.12 bits per heavy atom. The summed E-state index contributed by atoms with van der Waals surface area (Å²) in [5, 5.41) is 20.2. The van der Waals surface area contributed by atoms with Gasteiger partial charge < -0.3 is 19.4 Å². The molecule has 0 aliphatic heterocycles. The maximum absolute atomic E-state index is 12.6. The first-order valence-electron chi connectivity index (χ1n) is 7.28. The molecule has 0 fully saturated rings. The van der Waals surface area contributed by atoms with Crippen LogP contribution in [0.5, 0.6) is 17.2 Å². The van der Waals surface area contributed by atoms with Gasteiger partial charge in [0.05, 0.1) is 6.26 Å². The van der Waals surface area contributed by atoms with E-state index >= 15 is 0 Å². The van der Waals surface area contributed by atoms with Gasteiger partial charge in [0.25, 0.3) is 0 Å². The maximum Gasteiger partial charge on any atom is 0.208 e. The summed E-state index contributed by atoms with van der Waals surface area (Å²) in [5.41, 5.74) is 1.49. The zero-order chi connectivity index (χ0) is 17.4. The Bertz CT molecular complexity index is 1060. The molecule has 0 unspecified atom stereocenters. The highest BCUT2D eigenvalue weighted by Crippen LogP contribution is 2.33. The lowest BCUT2D eigenvalue weighted by atomic mass is 10.1. The first-order valence-corrected chi connectivity index (χ1v) is 7.28. The summed E-state index contributed by atoms with van der Waals surface area (Å²) in [6.07, 6.45) is 3.09. The van der Waals surface area contributed by atoms with Crippen LogP contribution < -0.4 is 10.2 Å². The molecule has 0 bridgehead atoms. The second-order valence-corrected chi connectivity index (χ2v) is 5.67. The van der Waals surface area contributed by atoms with E-state index in [0.29, 0.717) is 5.75 Å². The number of fused-ring (bicyclic) bond motifs is 2. The third-order valence-corrected chi connectivity index (χ3v) is 3.51. The molecule has 0 saturated carbocycles. The number of aromatic hydroxyl groups is 2. The summed E-state index contributed by atoms with van der Waals surface area (Å²) in [4.78, 5) is 12.6. The normalized spacial score (nSPS) is 11.4. The van der Waals surface area contributed by atoms with E-state index in [1.807, 2.05) is 6.92 Å². The fourth-order valence-corrected chi connectivity index (χ4v) is 2.47. The number of hydrogen-bond acceptors (Lipinski definition) is 5. The van der Waals surface area contributed by atoms with E-state index in [0.717, 1.165) is 11.1 Å². The molecule has 0 atom stereocenters. The number of ether oxygens (including phenoxy) is 1. The topological polar surface area (TPSA) is 79.9 Å². The van der Waals surface area contributed by atoms with Crippen molar-refractivity contribution in [1.29, 1.82) is 0 Å². The highest BCUT2D eigenvalue weighted by molar-refractivity contribution is 5.96. The number of aryl methyl sites for hydroxylation is 1. The van der Waals surface area contributed by atoms with Crippen molar-refractivity contribution in [1.82, 2.24) is 0 Å². The number of phenolic OH excluding ortho intramolecular Hbond substituents is 2. The van der Waals surface area contributed by atoms with E-state index in [1.54, 1.807) is 19.1 Å². The summed E-state index contributed by atoms with van der Waals surface area (Å²) < 4.78 is 11.1. The van der Waals surface area contributed by atoms with Crippen LogP contribution in [-0.2, 0) is 0 Å². The zero-order valence-corrected chi connectivity index (χ0v) is 13.3. The lowest BCUT2D eigenvalue weighted by Gasteiger charge is -2.08. The minimum absolute atomic E-state index is 0.00196. The van der Waals surface area contributed by atoms with Crippen LogP contribution in [-0.4, -0.2) is 10.2 Å². The molecule has 5 heteroatoms. The van der Waals surface area contributed by atoms with Crippen molar-refractivity contribution >= 4 is 21.9 Å². The largest absolute Gasteiger partial charge is 0.507 e. The minimum Gasteiger partial charge on any atom is -0.507 e. The van der Waals surface area contributed by atoms with E-state index in [1.165, 1.54) is 24.5 Å². The monoisotopic (exact) mass is 324 g/mol. The molecule has 0 aliphatic carbocycles. The van der Waals surface area contributed by atoms with Gasteiger partial charge in [-0.15, -0.1) is 0 Å².